The fraction of sp³-hybridized carbons (Fsp3) is 0.133. The molecular formula is C15H15N3O4S. The Morgan fingerprint density at radius 3 is 2.26 bits per heavy atom. The van der Waals surface area contributed by atoms with Gasteiger partial charge in [0.25, 0.3) is 0 Å². The van der Waals surface area contributed by atoms with Crippen LogP contribution in [0.2, 0.25) is 0 Å². The summed E-state index contributed by atoms with van der Waals surface area (Å²) in [7, 11) is -3.94. The second kappa shape index (κ2) is 5.81. The summed E-state index contributed by atoms with van der Waals surface area (Å²) in [5, 5.41) is 2.68. The molecule has 0 bridgehead atoms. The van der Waals surface area contributed by atoms with Crippen LogP contribution in [0.1, 0.15) is 0 Å². The Hall–Kier alpha value is -2.74. The zero-order chi connectivity index (χ0) is 16.4. The summed E-state index contributed by atoms with van der Waals surface area (Å²) in [6.07, 6.45) is 0. The van der Waals surface area contributed by atoms with Gasteiger partial charge in [0, 0.05) is 24.5 Å². The van der Waals surface area contributed by atoms with Gasteiger partial charge in [-0.15, -0.1) is 0 Å². The van der Waals surface area contributed by atoms with Gasteiger partial charge in [-0.25, -0.2) is 4.79 Å². The summed E-state index contributed by atoms with van der Waals surface area (Å²) in [4.78, 5) is 13.1. The molecule has 0 aromatic heterocycles. The van der Waals surface area contributed by atoms with E-state index < -0.39 is 10.1 Å². The fourth-order valence-corrected chi connectivity index (χ4v) is 3.14. The first kappa shape index (κ1) is 15.2. The number of nitrogens with zero attached hydrogens (tertiary/aromatic N) is 1. The van der Waals surface area contributed by atoms with Crippen molar-refractivity contribution in [3.05, 3.63) is 48.5 Å². The Labute approximate surface area is 133 Å². The molecule has 7 nitrogen and oxygen atoms in total. The Bertz CT molecular complexity index is 817. The van der Waals surface area contributed by atoms with Crippen LogP contribution in [0.3, 0.4) is 0 Å². The summed E-state index contributed by atoms with van der Waals surface area (Å²) in [6, 6.07) is 11.8. The Morgan fingerprint density at radius 1 is 1.04 bits per heavy atom. The number of rotatable bonds is 4. The maximum Gasteiger partial charge on any atom is 0.339 e. The number of nitrogens with one attached hydrogen (secondary N) is 1. The van der Waals surface area contributed by atoms with Crippen LogP contribution in [0, 0.1) is 0 Å². The molecule has 120 valence electrons. The highest BCUT2D eigenvalue weighted by Gasteiger charge is 2.22. The van der Waals surface area contributed by atoms with E-state index >= 15 is 0 Å². The molecule has 0 aliphatic carbocycles. The molecule has 2 aromatic carbocycles. The lowest BCUT2D eigenvalue weighted by molar-refractivity contribution is 0.252. The van der Waals surface area contributed by atoms with E-state index in [1.54, 1.807) is 24.3 Å². The van der Waals surface area contributed by atoms with Crippen molar-refractivity contribution in [2.45, 2.75) is 4.90 Å². The van der Waals surface area contributed by atoms with E-state index in [9.17, 15) is 13.2 Å². The Morgan fingerprint density at radius 2 is 1.70 bits per heavy atom. The zero-order valence-corrected chi connectivity index (χ0v) is 12.9. The third-order valence-electron chi connectivity index (χ3n) is 3.38. The minimum atomic E-state index is -3.94. The first-order valence-electron chi connectivity index (χ1n) is 6.91. The minimum absolute atomic E-state index is 0.0117. The molecule has 1 fully saturated rings. The van der Waals surface area contributed by atoms with Crippen molar-refractivity contribution in [3.8, 4) is 5.75 Å². The van der Waals surface area contributed by atoms with Crippen LogP contribution in [0.5, 0.6) is 5.75 Å². The molecule has 1 aliphatic rings. The van der Waals surface area contributed by atoms with Gasteiger partial charge in [-0.2, -0.15) is 8.42 Å². The summed E-state index contributed by atoms with van der Waals surface area (Å²) in [5.74, 6) is 0.183. The van der Waals surface area contributed by atoms with Crippen LogP contribution >= 0.6 is 0 Å². The number of hydrogen-bond donors (Lipinski definition) is 2. The number of benzene rings is 2. The maximum absolute atomic E-state index is 12.2. The number of amides is 2. The molecule has 0 radical (unpaired) electrons. The van der Waals surface area contributed by atoms with Gasteiger partial charge in [0.05, 0.1) is 0 Å². The number of carbonyl (C=O) groups excluding carboxylic acids is 1. The lowest BCUT2D eigenvalue weighted by Gasteiger charge is -2.14. The van der Waals surface area contributed by atoms with E-state index in [2.05, 4.69) is 5.32 Å². The van der Waals surface area contributed by atoms with Gasteiger partial charge >= 0.3 is 16.1 Å². The average Bonchev–Trinajstić information content (AvgIpc) is 2.96. The highest BCUT2D eigenvalue weighted by Crippen LogP contribution is 2.23. The van der Waals surface area contributed by atoms with Gasteiger partial charge in [-0.3, -0.25) is 4.90 Å². The van der Waals surface area contributed by atoms with E-state index in [-0.39, 0.29) is 16.7 Å². The first-order valence-corrected chi connectivity index (χ1v) is 8.32. The van der Waals surface area contributed by atoms with Crippen molar-refractivity contribution in [1.29, 1.82) is 0 Å². The van der Waals surface area contributed by atoms with Gasteiger partial charge in [-0.1, -0.05) is 0 Å². The average molecular weight is 333 g/mol. The highest BCUT2D eigenvalue weighted by atomic mass is 32.2. The quantitative estimate of drug-likeness (QED) is 0.653. The molecule has 0 spiro atoms. The summed E-state index contributed by atoms with van der Waals surface area (Å²) in [6.45, 7) is 1.12. The SMILES string of the molecule is Nc1ccc(OS(=O)(=O)c2ccc(N3CCNC3=O)cc2)cc1. The molecule has 0 atom stereocenters. The number of hydrogen-bond acceptors (Lipinski definition) is 5. The second-order valence-electron chi connectivity index (χ2n) is 4.98. The zero-order valence-electron chi connectivity index (χ0n) is 12.1. The van der Waals surface area contributed by atoms with Gasteiger partial charge < -0.3 is 15.2 Å². The molecule has 0 unspecified atom stereocenters. The first-order chi connectivity index (χ1) is 11.0. The fourth-order valence-electron chi connectivity index (χ4n) is 2.21. The van der Waals surface area contributed by atoms with Gasteiger partial charge in [0.1, 0.15) is 10.6 Å². The van der Waals surface area contributed by atoms with Gasteiger partial charge in [0.15, 0.2) is 0 Å². The predicted molar refractivity (Wildman–Crippen MR) is 85.9 cm³/mol. The minimum Gasteiger partial charge on any atom is -0.399 e. The summed E-state index contributed by atoms with van der Waals surface area (Å²) < 4.78 is 29.5. The number of urea groups is 1. The van der Waals surface area contributed by atoms with E-state index in [0.717, 1.165) is 0 Å². The van der Waals surface area contributed by atoms with E-state index in [1.807, 2.05) is 0 Å². The predicted octanol–water partition coefficient (Wildman–Crippen LogP) is 1.57. The van der Waals surface area contributed by atoms with E-state index in [1.165, 1.54) is 29.2 Å². The Balaban J connectivity index is 1.80. The topological polar surface area (TPSA) is 102 Å². The van der Waals surface area contributed by atoms with Gasteiger partial charge in [-0.05, 0) is 48.5 Å². The standard InChI is InChI=1S/C15H15N3O4S/c16-11-1-5-13(6-2-11)22-23(20,21)14-7-3-12(4-8-14)18-10-9-17-15(18)19/h1-8H,9-10,16H2,(H,17,19). The van der Waals surface area contributed by atoms with Crippen LogP contribution in [0.25, 0.3) is 0 Å². The molecule has 2 aromatic rings. The maximum atomic E-state index is 12.2. The molecule has 23 heavy (non-hydrogen) atoms. The van der Waals surface area contributed by atoms with Crippen LogP contribution in [-0.2, 0) is 10.1 Å². The Kier molecular flexibility index (Phi) is 3.83. The molecule has 1 heterocycles. The monoisotopic (exact) mass is 333 g/mol. The highest BCUT2D eigenvalue weighted by molar-refractivity contribution is 7.87. The van der Waals surface area contributed by atoms with Crippen molar-refractivity contribution in [2.75, 3.05) is 23.7 Å². The molecule has 1 saturated heterocycles. The van der Waals surface area contributed by atoms with E-state index in [4.69, 9.17) is 9.92 Å². The van der Waals surface area contributed by atoms with Crippen molar-refractivity contribution in [3.63, 3.8) is 0 Å². The van der Waals surface area contributed by atoms with Crippen molar-refractivity contribution in [2.24, 2.45) is 0 Å². The molecule has 8 heteroatoms. The van der Waals surface area contributed by atoms with Gasteiger partial charge in [0.2, 0.25) is 0 Å². The number of anilines is 2. The summed E-state index contributed by atoms with van der Waals surface area (Å²) in [5.41, 5.74) is 6.69. The van der Waals surface area contributed by atoms with Crippen molar-refractivity contribution < 1.29 is 17.4 Å². The lowest BCUT2D eigenvalue weighted by atomic mass is 10.3. The number of carbonyl (C=O) groups is 1. The summed E-state index contributed by atoms with van der Waals surface area (Å²) >= 11 is 0. The van der Waals surface area contributed by atoms with E-state index in [0.29, 0.717) is 24.5 Å². The molecular weight excluding hydrogens is 318 g/mol. The third kappa shape index (κ3) is 3.21. The number of nitrogens with two attached hydrogens (primary N) is 1. The second-order valence-corrected chi connectivity index (χ2v) is 6.53. The third-order valence-corrected chi connectivity index (χ3v) is 4.64. The molecule has 3 rings (SSSR count). The normalized spacial score (nSPS) is 14.6. The largest absolute Gasteiger partial charge is 0.399 e. The van der Waals surface area contributed by atoms with Crippen LogP contribution in [-0.4, -0.2) is 27.5 Å². The van der Waals surface area contributed by atoms with Crippen LogP contribution in [0.15, 0.2) is 53.4 Å². The molecule has 3 N–H and O–H groups in total. The van der Waals surface area contributed by atoms with Crippen LogP contribution < -0.4 is 20.1 Å². The molecule has 2 amide bonds. The number of nitrogen functional groups attached to an aromatic ring is 1. The lowest BCUT2D eigenvalue weighted by Crippen LogP contribution is -2.27. The molecule has 0 saturated carbocycles. The molecule has 1 aliphatic heterocycles. The van der Waals surface area contributed by atoms with Crippen molar-refractivity contribution in [1.82, 2.24) is 5.32 Å². The van der Waals surface area contributed by atoms with Crippen LogP contribution in [0.4, 0.5) is 16.2 Å². The van der Waals surface area contributed by atoms with Crippen molar-refractivity contribution >= 4 is 27.5 Å². The smallest absolute Gasteiger partial charge is 0.339 e.